The Kier molecular flexibility index (Phi) is 10.2. The van der Waals surface area contributed by atoms with Gasteiger partial charge in [-0.3, -0.25) is 4.98 Å². The molecule has 0 fully saturated rings. The average molecular weight is 520 g/mol. The van der Waals surface area contributed by atoms with Gasteiger partial charge < -0.3 is 15.5 Å². The zero-order valence-electron chi connectivity index (χ0n) is 19.0. The fraction of sp³-hybridized carbons (Fsp3) is 0.125. The predicted octanol–water partition coefficient (Wildman–Crippen LogP) is 3.15. The quantitative estimate of drug-likeness (QED) is 0.367. The lowest BCUT2D eigenvalue weighted by atomic mass is 10.1. The smallest absolute Gasteiger partial charge is 0.328 e. The third kappa shape index (κ3) is 7.96. The number of nitrogens with zero attached hydrogens (tertiary/aromatic N) is 2. The lowest BCUT2D eigenvalue weighted by molar-refractivity contribution is -0.134. The van der Waals surface area contributed by atoms with Crippen LogP contribution in [0.4, 0.5) is 8.78 Å². The van der Waals surface area contributed by atoms with Gasteiger partial charge >= 0.3 is 11.9 Å². The summed E-state index contributed by atoms with van der Waals surface area (Å²) in [5.41, 5.74) is 0.461. The second-order valence-corrected chi connectivity index (χ2v) is 8.99. The summed E-state index contributed by atoms with van der Waals surface area (Å²) >= 11 is 0. The summed E-state index contributed by atoms with van der Waals surface area (Å²) in [7, 11) is -2.36. The molecule has 0 spiro atoms. The summed E-state index contributed by atoms with van der Waals surface area (Å²) in [6, 6.07) is 9.02. The van der Waals surface area contributed by atoms with E-state index in [0.29, 0.717) is 12.2 Å². The molecule has 190 valence electrons. The first-order valence-corrected chi connectivity index (χ1v) is 11.9. The van der Waals surface area contributed by atoms with Crippen molar-refractivity contribution in [1.29, 1.82) is 0 Å². The highest BCUT2D eigenvalue weighted by molar-refractivity contribution is 7.90. The number of hydrogen-bond acceptors (Lipinski definition) is 6. The molecule has 36 heavy (non-hydrogen) atoms. The second-order valence-electron chi connectivity index (χ2n) is 7.10. The number of carboxylic acids is 2. The second kappa shape index (κ2) is 13.1. The Labute approximate surface area is 206 Å². The molecule has 3 aromatic rings. The number of halogens is 2. The van der Waals surface area contributed by atoms with E-state index in [4.69, 9.17) is 10.2 Å². The number of aliphatic carboxylic acids is 2. The van der Waals surface area contributed by atoms with Crippen LogP contribution in [0.2, 0.25) is 0 Å². The highest BCUT2D eigenvalue weighted by atomic mass is 32.2. The molecule has 9 nitrogen and oxygen atoms in total. The Morgan fingerprint density at radius 1 is 1.08 bits per heavy atom. The van der Waals surface area contributed by atoms with Crippen molar-refractivity contribution in [2.75, 3.05) is 12.8 Å². The van der Waals surface area contributed by atoms with Gasteiger partial charge in [0.1, 0.15) is 11.5 Å². The highest BCUT2D eigenvalue weighted by Crippen LogP contribution is 2.30. The number of carboxylic acid groups (broad SMARTS) is 2. The van der Waals surface area contributed by atoms with Crippen molar-refractivity contribution in [1.82, 2.24) is 14.3 Å². The molecule has 0 aliphatic heterocycles. The monoisotopic (exact) mass is 519 g/mol. The molecule has 1 aromatic carbocycles. The summed E-state index contributed by atoms with van der Waals surface area (Å²) in [6.07, 6.45) is 8.58. The van der Waals surface area contributed by atoms with Gasteiger partial charge in [0.15, 0.2) is 5.82 Å². The van der Waals surface area contributed by atoms with Gasteiger partial charge in [-0.25, -0.2) is 30.8 Å². The first-order chi connectivity index (χ1) is 17.1. The van der Waals surface area contributed by atoms with Crippen LogP contribution >= 0.6 is 0 Å². The Morgan fingerprint density at radius 3 is 2.31 bits per heavy atom. The molecule has 0 saturated carbocycles. The molecule has 0 unspecified atom stereocenters. The minimum absolute atomic E-state index is 0.109. The zero-order valence-corrected chi connectivity index (χ0v) is 19.8. The van der Waals surface area contributed by atoms with E-state index in [0.717, 1.165) is 9.54 Å². The Bertz CT molecular complexity index is 1350. The van der Waals surface area contributed by atoms with E-state index in [1.807, 2.05) is 0 Å². The maximum atomic E-state index is 14.9. The predicted molar refractivity (Wildman–Crippen MR) is 129 cm³/mol. The molecule has 0 aliphatic carbocycles. The average Bonchev–Trinajstić information content (AvgIpc) is 3.16. The van der Waals surface area contributed by atoms with Gasteiger partial charge in [0.2, 0.25) is 10.0 Å². The van der Waals surface area contributed by atoms with Crippen LogP contribution in [0.1, 0.15) is 11.1 Å². The Hall–Kier alpha value is -4.16. The van der Waals surface area contributed by atoms with Crippen LogP contribution < -0.4 is 5.32 Å². The number of aromatic nitrogens is 2. The molecule has 0 amide bonds. The minimum atomic E-state index is -3.97. The fourth-order valence-electron chi connectivity index (χ4n) is 2.94. The largest absolute Gasteiger partial charge is 0.478 e. The first kappa shape index (κ1) is 28.1. The topological polar surface area (TPSA) is 139 Å². The van der Waals surface area contributed by atoms with Crippen LogP contribution in [0, 0.1) is 11.6 Å². The van der Waals surface area contributed by atoms with Gasteiger partial charge in [-0.2, -0.15) is 0 Å². The van der Waals surface area contributed by atoms with Crippen LogP contribution in [-0.2, 0) is 26.2 Å². The molecule has 3 N–H and O–H groups in total. The van der Waals surface area contributed by atoms with Crippen LogP contribution in [0.5, 0.6) is 0 Å². The first-order valence-electron chi connectivity index (χ1n) is 10.3. The van der Waals surface area contributed by atoms with E-state index in [1.54, 1.807) is 37.7 Å². The Morgan fingerprint density at radius 2 is 1.75 bits per heavy atom. The van der Waals surface area contributed by atoms with Gasteiger partial charge in [-0.15, -0.1) is 0 Å². The van der Waals surface area contributed by atoms with Crippen LogP contribution in [0.15, 0.2) is 73.2 Å². The molecular weight excluding hydrogens is 496 g/mol. The summed E-state index contributed by atoms with van der Waals surface area (Å²) < 4.78 is 55.8. The maximum Gasteiger partial charge on any atom is 0.328 e. The molecular formula is C24H23F2N3O6S. The lowest BCUT2D eigenvalue weighted by Gasteiger charge is -2.10. The molecule has 0 radical (unpaired) electrons. The standard InChI is InChI=1S/C20H19F2N3O2S.C4H4O4/c1-23-13-16-14-25(20(19(16)22)17-8-2-3-9-18(17)21)28(26,27)11-5-7-15-6-4-10-24-12-15;5-3(6)1-2-4(7)8/h2-10,12,14,23H,11,13H2,1H3;1-2H,(H,5,6)(H,7,8)/b;2-1+. The van der Waals surface area contributed by atoms with Crippen LogP contribution in [-0.4, -0.2) is 52.3 Å². The van der Waals surface area contributed by atoms with E-state index < -0.39 is 33.6 Å². The fourth-order valence-corrected chi connectivity index (χ4v) is 4.18. The molecule has 3 rings (SSSR count). The summed E-state index contributed by atoms with van der Waals surface area (Å²) in [6.45, 7) is 0.112. The highest BCUT2D eigenvalue weighted by Gasteiger charge is 2.25. The van der Waals surface area contributed by atoms with Crippen LogP contribution in [0.25, 0.3) is 17.3 Å². The van der Waals surface area contributed by atoms with Crippen molar-refractivity contribution in [2.24, 2.45) is 0 Å². The summed E-state index contributed by atoms with van der Waals surface area (Å²) in [5.74, 6) is -4.35. The number of carbonyl (C=O) groups is 2. The van der Waals surface area contributed by atoms with E-state index in [-0.39, 0.29) is 29.1 Å². The summed E-state index contributed by atoms with van der Waals surface area (Å²) in [4.78, 5) is 23.1. The van der Waals surface area contributed by atoms with Gasteiger partial charge in [-0.1, -0.05) is 30.4 Å². The van der Waals surface area contributed by atoms with Crippen molar-refractivity contribution < 1.29 is 37.0 Å². The lowest BCUT2D eigenvalue weighted by Crippen LogP contribution is -2.16. The Balaban J connectivity index is 0.000000493. The molecule has 12 heteroatoms. The molecule has 0 saturated heterocycles. The summed E-state index contributed by atoms with van der Waals surface area (Å²) in [5, 5.41) is 18.4. The van der Waals surface area contributed by atoms with E-state index >= 15 is 0 Å². The molecule has 0 aliphatic rings. The maximum absolute atomic E-state index is 14.9. The number of benzene rings is 1. The van der Waals surface area contributed by atoms with Gasteiger partial charge in [0.05, 0.1) is 5.75 Å². The van der Waals surface area contributed by atoms with Crippen molar-refractivity contribution in [3.05, 3.63) is 96.0 Å². The van der Waals surface area contributed by atoms with Crippen molar-refractivity contribution in [3.63, 3.8) is 0 Å². The van der Waals surface area contributed by atoms with Crippen LogP contribution in [0.3, 0.4) is 0 Å². The number of hydrogen-bond donors (Lipinski definition) is 3. The molecule has 0 atom stereocenters. The number of rotatable bonds is 9. The van der Waals surface area contributed by atoms with Gasteiger partial charge in [-0.05, 0) is 30.8 Å². The third-order valence-corrected chi connectivity index (χ3v) is 5.95. The molecule has 2 heterocycles. The van der Waals surface area contributed by atoms with Gasteiger partial charge in [0.25, 0.3) is 0 Å². The van der Waals surface area contributed by atoms with E-state index in [9.17, 15) is 26.8 Å². The SMILES string of the molecule is CNCc1cn(S(=O)(=O)CC=Cc2cccnc2)c(-c2ccccc2F)c1F.O=C(O)/C=C/C(=O)O. The van der Waals surface area contributed by atoms with Crippen molar-refractivity contribution in [2.45, 2.75) is 6.54 Å². The van der Waals surface area contributed by atoms with E-state index in [2.05, 4.69) is 10.3 Å². The molecule has 0 bridgehead atoms. The zero-order chi connectivity index (χ0) is 26.7. The minimum Gasteiger partial charge on any atom is -0.478 e. The number of pyridine rings is 1. The normalized spacial score (nSPS) is 11.4. The molecule has 2 aromatic heterocycles. The van der Waals surface area contributed by atoms with Gasteiger partial charge in [0, 0.05) is 48.4 Å². The van der Waals surface area contributed by atoms with Crippen molar-refractivity contribution >= 4 is 28.0 Å². The third-order valence-electron chi connectivity index (χ3n) is 4.45. The number of nitrogens with one attached hydrogen (secondary N) is 1. The van der Waals surface area contributed by atoms with E-state index in [1.165, 1.54) is 36.5 Å². The van der Waals surface area contributed by atoms with Crippen molar-refractivity contribution in [3.8, 4) is 11.3 Å².